The van der Waals surface area contributed by atoms with Crippen molar-refractivity contribution < 1.29 is 36.2 Å². The Morgan fingerprint density at radius 3 is 2.43 bits per heavy atom. The van der Waals surface area contributed by atoms with Gasteiger partial charge in [0.25, 0.3) is 0 Å². The van der Waals surface area contributed by atoms with E-state index in [1.165, 1.54) is 19.4 Å². The lowest BCUT2D eigenvalue weighted by atomic mass is 10.1. The average molecular weight is 512 g/mol. The van der Waals surface area contributed by atoms with Gasteiger partial charge in [-0.15, -0.1) is 0 Å². The number of hydrogen-bond acceptors (Lipinski definition) is 6. The van der Waals surface area contributed by atoms with Crippen molar-refractivity contribution in [3.05, 3.63) is 48.2 Å². The minimum atomic E-state index is -4.79. The van der Waals surface area contributed by atoms with Gasteiger partial charge < -0.3 is 15.2 Å². The van der Waals surface area contributed by atoms with Crippen LogP contribution < -0.4 is 5.32 Å². The summed E-state index contributed by atoms with van der Waals surface area (Å²) in [6, 6.07) is 10.0. The van der Waals surface area contributed by atoms with Crippen LogP contribution in [0.3, 0.4) is 0 Å². The van der Waals surface area contributed by atoms with Gasteiger partial charge in [0.1, 0.15) is 5.54 Å². The molecule has 2 atom stereocenters. The van der Waals surface area contributed by atoms with E-state index >= 15 is 0 Å². The van der Waals surface area contributed by atoms with E-state index in [0.717, 1.165) is 12.1 Å². The van der Waals surface area contributed by atoms with Crippen LogP contribution in [0.25, 0.3) is 11.3 Å². The zero-order valence-electron chi connectivity index (χ0n) is 18.7. The normalized spacial score (nSPS) is 20.8. The number of ether oxygens (including phenoxy) is 1. The number of nitrogens with one attached hydrogen (secondary N) is 1. The average Bonchev–Trinajstić information content (AvgIpc) is 3.40. The molecule has 35 heavy (non-hydrogen) atoms. The molecule has 0 spiro atoms. The van der Waals surface area contributed by atoms with Crippen molar-refractivity contribution in [1.82, 2.24) is 10.3 Å². The zero-order valence-corrected chi connectivity index (χ0v) is 19.6. The van der Waals surface area contributed by atoms with Crippen molar-refractivity contribution in [2.45, 2.75) is 60.1 Å². The quantitative estimate of drug-likeness (QED) is 0.608. The van der Waals surface area contributed by atoms with E-state index in [1.807, 2.05) is 6.07 Å². The van der Waals surface area contributed by atoms with Gasteiger partial charge in [-0.25, -0.2) is 13.2 Å². The summed E-state index contributed by atoms with van der Waals surface area (Å²) in [5, 5.41) is 17.8. The van der Waals surface area contributed by atoms with Crippen LogP contribution in [0.15, 0.2) is 47.5 Å². The van der Waals surface area contributed by atoms with E-state index < -0.39 is 43.4 Å². The molecule has 8 nitrogen and oxygen atoms in total. The van der Waals surface area contributed by atoms with Crippen molar-refractivity contribution in [3.63, 3.8) is 0 Å². The lowest BCUT2D eigenvalue weighted by molar-refractivity contribution is -0.139. The summed E-state index contributed by atoms with van der Waals surface area (Å²) >= 11 is 0. The maximum Gasteiger partial charge on any atom is 0.417 e. The number of carboxylic acid groups (broad SMARTS) is 1. The molecular formula is C23H24F3N3O5S. The molecule has 1 heterocycles. The third-order valence-corrected chi connectivity index (χ3v) is 8.25. The first-order chi connectivity index (χ1) is 16.4. The minimum absolute atomic E-state index is 0.206. The van der Waals surface area contributed by atoms with E-state index in [2.05, 4.69) is 10.3 Å². The van der Waals surface area contributed by atoms with E-state index in [-0.39, 0.29) is 18.1 Å². The number of pyridine rings is 1. The molecule has 0 saturated heterocycles. The second-order valence-corrected chi connectivity index (χ2v) is 10.6. The largest absolute Gasteiger partial charge is 0.465 e. The monoisotopic (exact) mass is 511 g/mol. The van der Waals surface area contributed by atoms with E-state index in [0.29, 0.717) is 31.4 Å². The second-order valence-electron chi connectivity index (χ2n) is 8.39. The van der Waals surface area contributed by atoms with E-state index in [9.17, 15) is 26.4 Å². The summed E-state index contributed by atoms with van der Waals surface area (Å²) in [5.41, 5.74) is -1.31. The SMILES string of the molecule is CO[C@@H]1CC[C@@H](S(=O)(=O)c2ccc(-c3ccccn3)cc2C(F)(F)F)C1.N#CC1(NC(=O)O)CC1. The highest BCUT2D eigenvalue weighted by molar-refractivity contribution is 7.92. The summed E-state index contributed by atoms with van der Waals surface area (Å²) in [7, 11) is -2.64. The van der Waals surface area contributed by atoms with Crippen LogP contribution >= 0.6 is 0 Å². The van der Waals surface area contributed by atoms with Gasteiger partial charge in [-0.3, -0.25) is 4.98 Å². The van der Waals surface area contributed by atoms with Gasteiger partial charge >= 0.3 is 12.3 Å². The summed E-state index contributed by atoms with van der Waals surface area (Å²) in [6.45, 7) is 0. The second kappa shape index (κ2) is 10.2. The first-order valence-electron chi connectivity index (χ1n) is 10.7. The lowest BCUT2D eigenvalue weighted by Crippen LogP contribution is -2.33. The molecule has 0 bridgehead atoms. The van der Waals surface area contributed by atoms with Crippen LogP contribution in [0, 0.1) is 11.3 Å². The summed E-state index contributed by atoms with van der Waals surface area (Å²) in [4.78, 5) is 13.3. The Morgan fingerprint density at radius 1 is 1.26 bits per heavy atom. The van der Waals surface area contributed by atoms with Crippen LogP contribution in [0.5, 0.6) is 0 Å². The smallest absolute Gasteiger partial charge is 0.417 e. The number of halogens is 3. The fraction of sp³-hybridized carbons (Fsp3) is 0.435. The molecule has 2 aromatic rings. The number of amides is 1. The first kappa shape index (κ1) is 26.4. The van der Waals surface area contributed by atoms with E-state index in [4.69, 9.17) is 15.1 Å². The van der Waals surface area contributed by atoms with Gasteiger partial charge in [-0.1, -0.05) is 12.1 Å². The van der Waals surface area contributed by atoms with Crippen molar-refractivity contribution in [3.8, 4) is 17.3 Å². The predicted molar refractivity (Wildman–Crippen MR) is 119 cm³/mol. The maximum absolute atomic E-state index is 13.6. The molecule has 2 N–H and O–H groups in total. The Morgan fingerprint density at radius 2 is 1.97 bits per heavy atom. The lowest BCUT2D eigenvalue weighted by Gasteiger charge is -2.18. The third kappa shape index (κ3) is 6.29. The standard InChI is InChI=1S/C18H18F3NO3S.C5H6N2O2/c1-25-13-6-7-14(11-13)26(23,24)17-8-5-12(10-15(17)18(19,20)21)16-4-2-3-9-22-16;6-3-5(1-2-5)7-4(8)9/h2-5,8-10,13-14H,6-7,11H2,1H3;7H,1-2H2,(H,8,9)/t13-,14-;/m1./s1. The Labute approximate surface area is 200 Å². The maximum atomic E-state index is 13.6. The number of sulfone groups is 1. The fourth-order valence-electron chi connectivity index (χ4n) is 3.86. The number of methoxy groups -OCH3 is 1. The summed E-state index contributed by atoms with van der Waals surface area (Å²) in [6.07, 6.45) is -2.35. The highest BCUT2D eigenvalue weighted by Crippen LogP contribution is 2.40. The van der Waals surface area contributed by atoms with Crippen LogP contribution in [0.2, 0.25) is 0 Å². The highest BCUT2D eigenvalue weighted by Gasteiger charge is 2.45. The molecule has 2 fully saturated rings. The molecule has 0 radical (unpaired) electrons. The summed E-state index contributed by atoms with van der Waals surface area (Å²) < 4.78 is 71.6. The molecule has 1 aromatic heterocycles. The number of nitriles is 1. The van der Waals surface area contributed by atoms with Crippen molar-refractivity contribution in [1.29, 1.82) is 5.26 Å². The molecule has 188 valence electrons. The molecule has 2 aliphatic carbocycles. The number of rotatable bonds is 5. The first-order valence-corrected chi connectivity index (χ1v) is 12.3. The number of aromatic nitrogens is 1. The van der Waals surface area contributed by atoms with Gasteiger partial charge in [0.2, 0.25) is 0 Å². The van der Waals surface area contributed by atoms with Crippen LogP contribution in [-0.2, 0) is 20.8 Å². The van der Waals surface area contributed by atoms with Gasteiger partial charge in [0, 0.05) is 18.9 Å². The molecule has 4 rings (SSSR count). The number of alkyl halides is 3. The molecule has 1 amide bonds. The minimum Gasteiger partial charge on any atom is -0.465 e. The fourth-order valence-corrected chi connectivity index (χ4v) is 5.88. The van der Waals surface area contributed by atoms with Gasteiger partial charge in [-0.05, 0) is 56.4 Å². The predicted octanol–water partition coefficient (Wildman–Crippen LogP) is 4.42. The van der Waals surface area contributed by atoms with Crippen LogP contribution in [-0.4, -0.2) is 48.6 Å². The molecule has 12 heteroatoms. The Balaban J connectivity index is 0.000000320. The van der Waals surface area contributed by atoms with Gasteiger partial charge in [0.15, 0.2) is 9.84 Å². The number of nitrogens with zero attached hydrogens (tertiary/aromatic N) is 2. The number of carbonyl (C=O) groups is 1. The third-order valence-electron chi connectivity index (χ3n) is 5.97. The summed E-state index contributed by atoms with van der Waals surface area (Å²) in [5.74, 6) is 0. The molecular weight excluding hydrogens is 487 g/mol. The Bertz CT molecular complexity index is 1210. The number of hydrogen-bond donors (Lipinski definition) is 2. The van der Waals surface area contributed by atoms with Gasteiger partial charge in [0.05, 0.1) is 33.6 Å². The van der Waals surface area contributed by atoms with Crippen molar-refractivity contribution in [2.24, 2.45) is 0 Å². The van der Waals surface area contributed by atoms with E-state index in [1.54, 1.807) is 18.2 Å². The van der Waals surface area contributed by atoms with Crippen molar-refractivity contribution in [2.75, 3.05) is 7.11 Å². The van der Waals surface area contributed by atoms with Gasteiger partial charge in [-0.2, -0.15) is 18.4 Å². The Hall–Kier alpha value is -3.17. The van der Waals surface area contributed by atoms with Crippen LogP contribution in [0.1, 0.15) is 37.7 Å². The molecule has 2 aliphatic rings. The molecule has 0 unspecified atom stereocenters. The highest BCUT2D eigenvalue weighted by atomic mass is 32.2. The molecule has 0 aliphatic heterocycles. The van der Waals surface area contributed by atoms with Crippen molar-refractivity contribution >= 4 is 15.9 Å². The van der Waals surface area contributed by atoms with Crippen LogP contribution in [0.4, 0.5) is 18.0 Å². The molecule has 1 aromatic carbocycles. The zero-order chi connectivity index (χ0) is 25.9. The topological polar surface area (TPSA) is 129 Å². The number of benzene rings is 1. The molecule has 2 saturated carbocycles. The Kier molecular flexibility index (Phi) is 7.71.